The fourth-order valence-corrected chi connectivity index (χ4v) is 1.94. The van der Waals surface area contributed by atoms with Gasteiger partial charge in [0.15, 0.2) is 0 Å². The van der Waals surface area contributed by atoms with Gasteiger partial charge in [0.25, 0.3) is 6.02 Å². The lowest BCUT2D eigenvalue weighted by Crippen LogP contribution is -2.54. The second-order valence-corrected chi connectivity index (χ2v) is 4.63. The zero-order valence-electron chi connectivity index (χ0n) is 10.9. The molecular weight excluding hydrogens is 291 g/mol. The second-order valence-electron chi connectivity index (χ2n) is 4.63. The first kappa shape index (κ1) is 14.9. The van der Waals surface area contributed by atoms with E-state index in [0.717, 1.165) is 19.1 Å². The van der Waals surface area contributed by atoms with Crippen LogP contribution >= 0.6 is 0 Å². The van der Waals surface area contributed by atoms with Crippen molar-refractivity contribution in [3.8, 4) is 0 Å². The van der Waals surface area contributed by atoms with Gasteiger partial charge in [-0.2, -0.15) is 8.78 Å². The third-order valence-corrected chi connectivity index (χ3v) is 3.14. The molecule has 1 aromatic rings. The third-order valence-electron chi connectivity index (χ3n) is 3.14. The molecule has 9 heteroatoms. The van der Waals surface area contributed by atoms with Crippen molar-refractivity contribution in [1.82, 2.24) is 5.32 Å². The molecule has 0 spiro atoms. The summed E-state index contributed by atoms with van der Waals surface area (Å²) in [7, 11) is 0. The van der Waals surface area contributed by atoms with Crippen molar-refractivity contribution in [2.75, 3.05) is 12.3 Å². The highest BCUT2D eigenvalue weighted by atomic mass is 19.3. The van der Waals surface area contributed by atoms with Gasteiger partial charge in [-0.15, -0.1) is 0 Å². The summed E-state index contributed by atoms with van der Waals surface area (Å²) < 4.78 is 47.1. The molecule has 1 heterocycles. The highest BCUT2D eigenvalue weighted by Crippen LogP contribution is 2.44. The van der Waals surface area contributed by atoms with Crippen LogP contribution in [-0.4, -0.2) is 29.7 Å². The number of nitrogens with one attached hydrogen (secondary N) is 1. The largest absolute Gasteiger partial charge is 0.465 e. The predicted octanol–water partition coefficient (Wildman–Crippen LogP) is 1.91. The molecule has 1 aromatic carbocycles. The van der Waals surface area contributed by atoms with E-state index >= 15 is 0 Å². The zero-order valence-corrected chi connectivity index (χ0v) is 10.9. The Labute approximate surface area is 117 Å². The van der Waals surface area contributed by atoms with E-state index in [1.807, 2.05) is 0 Å². The van der Waals surface area contributed by atoms with Crippen LogP contribution in [0.3, 0.4) is 0 Å². The normalized spacial score (nSPS) is 23.9. The molecule has 114 valence electrons. The van der Waals surface area contributed by atoms with Crippen LogP contribution in [0, 0.1) is 5.82 Å². The molecule has 0 aromatic heterocycles. The highest BCUT2D eigenvalue weighted by Gasteiger charge is 2.58. The van der Waals surface area contributed by atoms with Crippen LogP contribution in [0.4, 0.5) is 23.7 Å². The lowest BCUT2D eigenvalue weighted by molar-refractivity contribution is -0.174. The number of amides is 1. The van der Waals surface area contributed by atoms with Crippen molar-refractivity contribution in [3.63, 3.8) is 0 Å². The Hall–Kier alpha value is -2.45. The predicted molar refractivity (Wildman–Crippen MR) is 67.7 cm³/mol. The summed E-state index contributed by atoms with van der Waals surface area (Å²) in [4.78, 5) is 13.8. The topological polar surface area (TPSA) is 96.9 Å². The number of benzene rings is 1. The Balaban J connectivity index is 2.49. The number of nitrogen functional groups attached to an aromatic ring is 1. The molecule has 2 rings (SSSR count). The van der Waals surface area contributed by atoms with Crippen LogP contribution in [0.1, 0.15) is 12.5 Å². The van der Waals surface area contributed by atoms with Crippen molar-refractivity contribution in [1.29, 1.82) is 0 Å². The number of nitrogens with zero attached hydrogens (tertiary/aromatic N) is 1. The van der Waals surface area contributed by atoms with E-state index in [2.05, 4.69) is 4.99 Å². The monoisotopic (exact) mass is 303 g/mol. The number of alkyl halides is 2. The van der Waals surface area contributed by atoms with Gasteiger partial charge in [-0.05, 0) is 25.1 Å². The minimum atomic E-state index is -3.55. The van der Waals surface area contributed by atoms with Gasteiger partial charge in [-0.1, -0.05) is 0 Å². The number of ether oxygens (including phenoxy) is 1. The third kappa shape index (κ3) is 2.58. The number of amidine groups is 1. The van der Waals surface area contributed by atoms with Crippen LogP contribution in [-0.2, 0) is 10.3 Å². The highest BCUT2D eigenvalue weighted by molar-refractivity contribution is 5.90. The molecule has 4 N–H and O–H groups in total. The number of nitrogens with two attached hydrogens (primary N) is 1. The maximum atomic E-state index is 14.1. The summed E-state index contributed by atoms with van der Waals surface area (Å²) in [6.45, 7) is -0.101. The van der Waals surface area contributed by atoms with Gasteiger partial charge in [-0.25, -0.2) is 19.5 Å². The minimum absolute atomic E-state index is 0.0716. The number of carbonyl (C=O) groups is 1. The molecule has 0 unspecified atom stereocenters. The van der Waals surface area contributed by atoms with Crippen LogP contribution < -0.4 is 11.1 Å². The van der Waals surface area contributed by atoms with E-state index in [0.29, 0.717) is 0 Å². The van der Waals surface area contributed by atoms with Gasteiger partial charge in [-0.3, -0.25) is 0 Å². The first-order valence-electron chi connectivity index (χ1n) is 5.82. The van der Waals surface area contributed by atoms with Crippen molar-refractivity contribution < 1.29 is 27.8 Å². The summed E-state index contributed by atoms with van der Waals surface area (Å²) >= 11 is 0. The first-order valence-corrected chi connectivity index (χ1v) is 5.82. The smallest absolute Gasteiger partial charge is 0.412 e. The average molecular weight is 303 g/mol. The molecule has 0 saturated carbocycles. The van der Waals surface area contributed by atoms with Crippen LogP contribution in [0.25, 0.3) is 0 Å². The van der Waals surface area contributed by atoms with Crippen molar-refractivity contribution in [2.45, 2.75) is 18.4 Å². The molecular formula is C12H12F3N3O3. The van der Waals surface area contributed by atoms with Gasteiger partial charge in [0.1, 0.15) is 12.4 Å². The fourth-order valence-electron chi connectivity index (χ4n) is 1.94. The average Bonchev–Trinajstić information content (AvgIpc) is 2.36. The fraction of sp³-hybridized carbons (Fsp3) is 0.333. The summed E-state index contributed by atoms with van der Waals surface area (Å²) in [5, 5.41) is 10.3. The molecule has 1 aliphatic heterocycles. The Bertz CT molecular complexity index is 621. The molecule has 0 radical (unpaired) electrons. The standard InChI is InChI=1S/C12H12F3N3O3/c1-11(7-4-6(16)2-3-8(7)13)12(14,15)5-17-9(21-11)18-10(19)20/h2-4H,5,16H2,1H3,(H,17,18)(H,19,20)/t11-/m1/s1. The molecule has 21 heavy (non-hydrogen) atoms. The SMILES string of the molecule is C[C@]1(c2cc(N)ccc2F)OC(NC(=O)O)=NCC1(F)F. The van der Waals surface area contributed by atoms with Gasteiger partial charge in [0, 0.05) is 11.3 Å². The Morgan fingerprint density at radius 3 is 2.81 bits per heavy atom. The molecule has 0 fully saturated rings. The Kier molecular flexibility index (Phi) is 3.44. The lowest BCUT2D eigenvalue weighted by atomic mass is 9.87. The molecule has 1 amide bonds. The number of aliphatic imine (C=N–C) groups is 1. The number of hydrogen-bond donors (Lipinski definition) is 3. The van der Waals surface area contributed by atoms with Crippen LogP contribution in [0.2, 0.25) is 0 Å². The number of rotatable bonds is 1. The number of anilines is 1. The van der Waals surface area contributed by atoms with Crippen molar-refractivity contribution in [2.24, 2.45) is 4.99 Å². The molecule has 0 bridgehead atoms. The maximum absolute atomic E-state index is 14.1. The summed E-state index contributed by atoms with van der Waals surface area (Å²) in [5.41, 5.74) is 2.64. The maximum Gasteiger partial charge on any atom is 0.412 e. The molecule has 0 aliphatic carbocycles. The summed E-state index contributed by atoms with van der Waals surface area (Å²) in [6, 6.07) is 2.55. The van der Waals surface area contributed by atoms with Gasteiger partial charge in [0.2, 0.25) is 5.60 Å². The first-order chi connectivity index (χ1) is 9.65. The van der Waals surface area contributed by atoms with Crippen molar-refractivity contribution >= 4 is 17.8 Å². The summed E-state index contributed by atoms with van der Waals surface area (Å²) in [6.07, 6.45) is -1.53. The van der Waals surface area contributed by atoms with E-state index in [9.17, 15) is 18.0 Å². The van der Waals surface area contributed by atoms with Gasteiger partial charge >= 0.3 is 12.0 Å². The van der Waals surface area contributed by atoms with Crippen molar-refractivity contribution in [3.05, 3.63) is 29.6 Å². The Morgan fingerprint density at radius 2 is 2.19 bits per heavy atom. The molecule has 1 atom stereocenters. The second kappa shape index (κ2) is 4.83. The molecule has 0 saturated heterocycles. The number of carboxylic acid groups (broad SMARTS) is 1. The van der Waals surface area contributed by atoms with E-state index < -0.39 is 41.6 Å². The quantitative estimate of drug-likeness (QED) is 0.690. The van der Waals surface area contributed by atoms with E-state index in [-0.39, 0.29) is 5.69 Å². The van der Waals surface area contributed by atoms with E-state index in [1.165, 1.54) is 6.07 Å². The van der Waals surface area contributed by atoms with Gasteiger partial charge in [0.05, 0.1) is 0 Å². The summed E-state index contributed by atoms with van der Waals surface area (Å²) in [5.74, 6) is -4.49. The molecule has 6 nitrogen and oxygen atoms in total. The van der Waals surface area contributed by atoms with Gasteiger partial charge < -0.3 is 15.6 Å². The van der Waals surface area contributed by atoms with Crippen LogP contribution in [0.15, 0.2) is 23.2 Å². The zero-order chi connectivity index (χ0) is 15.8. The Morgan fingerprint density at radius 1 is 1.52 bits per heavy atom. The van der Waals surface area contributed by atoms with E-state index in [4.69, 9.17) is 15.6 Å². The van der Waals surface area contributed by atoms with Crippen LogP contribution in [0.5, 0.6) is 0 Å². The lowest BCUT2D eigenvalue weighted by Gasteiger charge is -2.40. The molecule has 1 aliphatic rings. The minimum Gasteiger partial charge on any atom is -0.465 e. The number of hydrogen-bond acceptors (Lipinski definition) is 4. The number of halogens is 3. The van der Waals surface area contributed by atoms with E-state index in [1.54, 1.807) is 5.32 Å².